The number of nitrogens with two attached hydrogens (primary N) is 1. The van der Waals surface area contributed by atoms with E-state index in [0.717, 1.165) is 0 Å². The Labute approximate surface area is 275 Å². The summed E-state index contributed by atoms with van der Waals surface area (Å²) in [5, 5.41) is 17.5. The molecule has 2 saturated heterocycles. The van der Waals surface area contributed by atoms with Gasteiger partial charge < -0.3 is 33.9 Å². The highest BCUT2D eigenvalue weighted by molar-refractivity contribution is 7.52. The Morgan fingerprint density at radius 1 is 1.15 bits per heavy atom. The van der Waals surface area contributed by atoms with E-state index in [-0.39, 0.29) is 43.3 Å². The zero-order valence-corrected chi connectivity index (χ0v) is 27.3. The van der Waals surface area contributed by atoms with Crippen LogP contribution in [0.5, 0.6) is 5.75 Å². The van der Waals surface area contributed by atoms with E-state index in [1.807, 2.05) is 6.07 Å². The van der Waals surface area contributed by atoms with Gasteiger partial charge in [-0.1, -0.05) is 32.0 Å². The summed E-state index contributed by atoms with van der Waals surface area (Å²) in [6.45, 7) is 3.57. The number of benzene rings is 1. The molecule has 5 atom stereocenters. The lowest BCUT2D eigenvalue weighted by Crippen LogP contribution is -2.55. The SMILES string of the molecule is CCC(=O)O[C@H]1C(OC(=O)CC)(c2ccc3c(N)ncnn23)CO[C@]1(C#N)COP(=O)(N[C@@H](C)C(=O)OC1COC1)Oc1ccccc1. The fraction of sp³-hybridized carbons (Fsp3) is 0.467. The quantitative estimate of drug-likeness (QED) is 0.141. The maximum Gasteiger partial charge on any atom is 0.459 e. The van der Waals surface area contributed by atoms with Gasteiger partial charge in [0, 0.05) is 12.8 Å². The number of para-hydroxylation sites is 1. The fourth-order valence-electron chi connectivity index (χ4n) is 5.03. The highest BCUT2D eigenvalue weighted by Crippen LogP contribution is 2.50. The zero-order valence-electron chi connectivity index (χ0n) is 26.4. The van der Waals surface area contributed by atoms with Crippen LogP contribution in [0.15, 0.2) is 48.8 Å². The van der Waals surface area contributed by atoms with Crippen LogP contribution >= 0.6 is 7.75 Å². The summed E-state index contributed by atoms with van der Waals surface area (Å²) < 4.78 is 55.4. The molecular formula is C30H35N6O11P. The number of anilines is 1. The summed E-state index contributed by atoms with van der Waals surface area (Å²) >= 11 is 0. The molecule has 0 bridgehead atoms. The topological polar surface area (TPSA) is 225 Å². The van der Waals surface area contributed by atoms with E-state index in [9.17, 15) is 24.2 Å². The first kappa shape index (κ1) is 34.7. The third kappa shape index (κ3) is 6.98. The molecule has 1 aromatic carbocycles. The van der Waals surface area contributed by atoms with E-state index in [1.165, 1.54) is 42.9 Å². The first-order valence-electron chi connectivity index (χ1n) is 15.1. The molecule has 3 N–H and O–H groups in total. The van der Waals surface area contributed by atoms with Gasteiger partial charge in [0.15, 0.2) is 11.9 Å². The molecule has 17 nitrogen and oxygen atoms in total. The predicted molar refractivity (Wildman–Crippen MR) is 164 cm³/mol. The largest absolute Gasteiger partial charge is 0.459 e. The van der Waals surface area contributed by atoms with Crippen LogP contribution in [0, 0.1) is 11.3 Å². The van der Waals surface area contributed by atoms with Crippen molar-refractivity contribution in [2.75, 3.05) is 32.2 Å². The lowest BCUT2D eigenvalue weighted by molar-refractivity contribution is -0.187. The van der Waals surface area contributed by atoms with Gasteiger partial charge in [0.1, 0.15) is 42.4 Å². The van der Waals surface area contributed by atoms with E-state index >= 15 is 0 Å². The third-order valence-corrected chi connectivity index (χ3v) is 9.26. The molecule has 2 aliphatic heterocycles. The molecule has 0 aliphatic carbocycles. The molecular weight excluding hydrogens is 651 g/mol. The number of nitrogens with zero attached hydrogens (tertiary/aromatic N) is 4. The summed E-state index contributed by atoms with van der Waals surface area (Å²) in [4.78, 5) is 42.6. The number of esters is 3. The Kier molecular flexibility index (Phi) is 10.3. The molecule has 2 fully saturated rings. The second-order valence-electron chi connectivity index (χ2n) is 11.0. The summed E-state index contributed by atoms with van der Waals surface area (Å²) in [7, 11) is -4.55. The number of carbonyl (C=O) groups excluding carboxylic acids is 3. The molecule has 3 aromatic rings. The van der Waals surface area contributed by atoms with Gasteiger partial charge in [0.05, 0.1) is 25.5 Å². The number of fused-ring (bicyclic) bond motifs is 1. The van der Waals surface area contributed by atoms with Crippen molar-refractivity contribution in [3.8, 4) is 11.8 Å². The number of aromatic nitrogens is 3. The van der Waals surface area contributed by atoms with Gasteiger partial charge in [-0.05, 0) is 31.2 Å². The number of nitrogen functional groups attached to an aromatic ring is 1. The van der Waals surface area contributed by atoms with Gasteiger partial charge in [-0.2, -0.15) is 15.4 Å². The van der Waals surface area contributed by atoms with Crippen LogP contribution in [0.3, 0.4) is 0 Å². The van der Waals surface area contributed by atoms with Crippen molar-refractivity contribution in [1.82, 2.24) is 19.7 Å². The van der Waals surface area contributed by atoms with Crippen LogP contribution in [-0.2, 0) is 52.8 Å². The molecule has 5 rings (SSSR count). The smallest absolute Gasteiger partial charge is 0.456 e. The number of ether oxygens (including phenoxy) is 5. The molecule has 0 amide bonds. The number of hydrogen-bond donors (Lipinski definition) is 2. The summed E-state index contributed by atoms with van der Waals surface area (Å²) in [6.07, 6.45) is -1.18. The second kappa shape index (κ2) is 14.3. The highest BCUT2D eigenvalue weighted by atomic mass is 31.2. The number of carbonyl (C=O) groups is 3. The molecule has 0 saturated carbocycles. The number of nitriles is 1. The van der Waals surface area contributed by atoms with Gasteiger partial charge in [-0.25, -0.2) is 14.1 Å². The molecule has 2 aromatic heterocycles. The van der Waals surface area contributed by atoms with Gasteiger partial charge >= 0.3 is 25.7 Å². The number of nitrogens with one attached hydrogen (secondary N) is 1. The van der Waals surface area contributed by atoms with Crippen molar-refractivity contribution in [3.05, 3.63) is 54.5 Å². The molecule has 2 unspecified atom stereocenters. The lowest BCUT2D eigenvalue weighted by Gasteiger charge is -2.36. The van der Waals surface area contributed by atoms with Crippen molar-refractivity contribution < 1.29 is 51.7 Å². The van der Waals surface area contributed by atoms with Crippen molar-refractivity contribution >= 4 is 37.0 Å². The van der Waals surface area contributed by atoms with E-state index in [2.05, 4.69) is 15.2 Å². The van der Waals surface area contributed by atoms with Crippen molar-refractivity contribution in [3.63, 3.8) is 0 Å². The van der Waals surface area contributed by atoms with Crippen molar-refractivity contribution in [1.29, 1.82) is 5.26 Å². The maximum atomic E-state index is 14.3. The molecule has 2 aliphatic rings. The first-order valence-corrected chi connectivity index (χ1v) is 16.6. The van der Waals surface area contributed by atoms with E-state index in [1.54, 1.807) is 31.2 Å². The molecule has 4 heterocycles. The monoisotopic (exact) mass is 686 g/mol. The average Bonchev–Trinajstić information content (AvgIpc) is 3.63. The maximum absolute atomic E-state index is 14.3. The highest BCUT2D eigenvalue weighted by Gasteiger charge is 2.67. The fourth-order valence-corrected chi connectivity index (χ4v) is 6.55. The Morgan fingerprint density at radius 3 is 2.52 bits per heavy atom. The minimum absolute atomic E-state index is 0.0856. The normalized spacial score (nSPS) is 24.1. The van der Waals surface area contributed by atoms with Crippen molar-refractivity contribution in [2.45, 2.75) is 63.1 Å². The first-order chi connectivity index (χ1) is 23.0. The van der Waals surface area contributed by atoms with Crippen LogP contribution in [0.1, 0.15) is 39.3 Å². The van der Waals surface area contributed by atoms with E-state index < -0.39 is 68.3 Å². The molecule has 48 heavy (non-hydrogen) atoms. The van der Waals surface area contributed by atoms with Crippen molar-refractivity contribution in [2.24, 2.45) is 0 Å². The summed E-state index contributed by atoms with van der Waals surface area (Å²) in [6, 6.07) is 11.8. The second-order valence-corrected chi connectivity index (χ2v) is 12.7. The number of hydrogen-bond acceptors (Lipinski definition) is 15. The minimum Gasteiger partial charge on any atom is -0.456 e. The van der Waals surface area contributed by atoms with Crippen LogP contribution in [0.25, 0.3) is 5.52 Å². The van der Waals surface area contributed by atoms with E-state index in [0.29, 0.717) is 5.52 Å². The van der Waals surface area contributed by atoms with Gasteiger partial charge in [0.2, 0.25) is 11.2 Å². The minimum atomic E-state index is -4.55. The molecule has 0 radical (unpaired) electrons. The Bertz CT molecular complexity index is 1750. The van der Waals surface area contributed by atoms with Crippen LogP contribution < -0.4 is 15.3 Å². The average molecular weight is 687 g/mol. The van der Waals surface area contributed by atoms with E-state index in [4.69, 9.17) is 38.5 Å². The van der Waals surface area contributed by atoms with Gasteiger partial charge in [-0.3, -0.25) is 18.9 Å². The van der Waals surface area contributed by atoms with Crippen LogP contribution in [0.2, 0.25) is 0 Å². The number of rotatable bonds is 14. The van der Waals surface area contributed by atoms with Gasteiger partial charge in [0.25, 0.3) is 0 Å². The van der Waals surface area contributed by atoms with Crippen LogP contribution in [-0.4, -0.2) is 82.8 Å². The summed E-state index contributed by atoms with van der Waals surface area (Å²) in [5.74, 6) is -2.03. The lowest BCUT2D eigenvalue weighted by atomic mass is 9.85. The Balaban J connectivity index is 1.53. The van der Waals surface area contributed by atoms with Crippen LogP contribution in [0.4, 0.5) is 5.82 Å². The zero-order chi connectivity index (χ0) is 34.5. The predicted octanol–water partition coefficient (Wildman–Crippen LogP) is 2.20. The molecule has 0 spiro atoms. The standard InChI is InChI=1S/C30H35N6O11P/c1-4-24(37)45-28-29(15-31,42-17-30(28,46-25(38)5-2)23-12-11-22-26(32)33-18-34-36(22)23)16-43-48(40,47-20-9-7-6-8-10-20)35-19(3)27(39)44-21-13-41-14-21/h6-12,18-19,21,28H,4-5,13-14,16-17H2,1-3H3,(H,35,40)(H2,32,33,34)/t19-,28+,29+,30?,48?/m0/s1. The third-order valence-electron chi connectivity index (χ3n) is 7.63. The Hall–Kier alpha value is -4.59. The van der Waals surface area contributed by atoms with Gasteiger partial charge in [-0.15, -0.1) is 0 Å². The molecule has 18 heteroatoms. The Morgan fingerprint density at radius 2 is 1.88 bits per heavy atom. The molecule has 256 valence electrons. The summed E-state index contributed by atoms with van der Waals surface area (Å²) in [5.41, 5.74) is 2.33.